The molecule has 0 unspecified atom stereocenters. The van der Waals surface area contributed by atoms with Gasteiger partial charge >= 0.3 is 0 Å². The molecule has 2 aromatic rings. The molecule has 0 aliphatic rings. The molecule has 0 amide bonds. The van der Waals surface area contributed by atoms with Gasteiger partial charge in [-0.2, -0.15) is 0 Å². The Balaban J connectivity index is 2.46. The van der Waals surface area contributed by atoms with Gasteiger partial charge in [-0.1, -0.05) is 12.1 Å². The number of rotatable bonds is 2. The maximum absolute atomic E-state index is 5.81. The molecular weight excluding hydrogens is 268 g/mol. The molecule has 0 saturated heterocycles. The molecule has 2 N–H and O–H groups in total. The van der Waals surface area contributed by atoms with Gasteiger partial charge in [0.15, 0.2) is 0 Å². The van der Waals surface area contributed by atoms with Crippen molar-refractivity contribution in [3.63, 3.8) is 0 Å². The first-order chi connectivity index (χ1) is 7.70. The number of benzene rings is 1. The van der Waals surface area contributed by atoms with Crippen molar-refractivity contribution in [3.05, 3.63) is 41.0 Å². The van der Waals surface area contributed by atoms with Crippen molar-refractivity contribution in [2.75, 3.05) is 12.8 Å². The minimum Gasteiger partial charge on any atom is -0.497 e. The van der Waals surface area contributed by atoms with Crippen molar-refractivity contribution >= 4 is 21.6 Å². The van der Waals surface area contributed by atoms with Gasteiger partial charge in [-0.05, 0) is 34.1 Å². The minimum absolute atomic E-state index is 0.674. The van der Waals surface area contributed by atoms with Crippen LogP contribution in [0.25, 0.3) is 11.3 Å². The van der Waals surface area contributed by atoms with E-state index in [9.17, 15) is 0 Å². The number of methoxy groups -OCH3 is 1. The van der Waals surface area contributed by atoms with Crippen molar-refractivity contribution in [2.45, 2.75) is 0 Å². The lowest BCUT2D eigenvalue weighted by molar-refractivity contribution is 0.415. The molecule has 0 spiro atoms. The second-order valence-electron chi connectivity index (χ2n) is 3.32. The summed E-state index contributed by atoms with van der Waals surface area (Å²) < 4.78 is 5.97. The number of hydrogen-bond acceptors (Lipinski definition) is 3. The van der Waals surface area contributed by atoms with E-state index in [0.717, 1.165) is 21.5 Å². The molecule has 1 aromatic carbocycles. The van der Waals surface area contributed by atoms with Gasteiger partial charge < -0.3 is 10.5 Å². The van der Waals surface area contributed by atoms with Crippen LogP contribution in [-0.2, 0) is 0 Å². The van der Waals surface area contributed by atoms with Crippen LogP contribution in [0.3, 0.4) is 0 Å². The Morgan fingerprint density at radius 2 is 2.12 bits per heavy atom. The van der Waals surface area contributed by atoms with Crippen LogP contribution >= 0.6 is 15.9 Å². The first-order valence-corrected chi connectivity index (χ1v) is 5.55. The van der Waals surface area contributed by atoms with E-state index in [1.54, 1.807) is 13.3 Å². The second-order valence-corrected chi connectivity index (χ2v) is 4.18. The van der Waals surface area contributed by atoms with E-state index in [4.69, 9.17) is 10.5 Å². The Labute approximate surface area is 102 Å². The Morgan fingerprint density at radius 3 is 2.81 bits per heavy atom. The topological polar surface area (TPSA) is 48.1 Å². The summed E-state index contributed by atoms with van der Waals surface area (Å²) in [6, 6.07) is 9.55. The van der Waals surface area contributed by atoms with Crippen LogP contribution in [-0.4, -0.2) is 12.1 Å². The standard InChI is InChI=1S/C12H11BrN2O/c1-16-9-4-2-3-8(5-9)12-6-11(14)10(13)7-15-12/h2-7H,1H3,(H2,14,15). The Bertz CT molecular complexity index is 514. The number of nitrogens with two attached hydrogens (primary N) is 1. The monoisotopic (exact) mass is 278 g/mol. The lowest BCUT2D eigenvalue weighted by Gasteiger charge is -2.05. The van der Waals surface area contributed by atoms with Crippen LogP contribution < -0.4 is 10.5 Å². The fourth-order valence-corrected chi connectivity index (χ4v) is 1.61. The van der Waals surface area contributed by atoms with Gasteiger partial charge in [0.1, 0.15) is 5.75 Å². The fourth-order valence-electron chi connectivity index (χ4n) is 1.39. The average molecular weight is 279 g/mol. The number of nitrogens with zero attached hydrogens (tertiary/aromatic N) is 1. The molecule has 4 heteroatoms. The molecule has 2 rings (SSSR count). The first-order valence-electron chi connectivity index (χ1n) is 4.76. The van der Waals surface area contributed by atoms with Crippen molar-refractivity contribution in [1.29, 1.82) is 0 Å². The van der Waals surface area contributed by atoms with Crippen molar-refractivity contribution in [1.82, 2.24) is 4.98 Å². The van der Waals surface area contributed by atoms with E-state index in [2.05, 4.69) is 20.9 Å². The highest BCUT2D eigenvalue weighted by Gasteiger charge is 2.03. The minimum atomic E-state index is 0.674. The summed E-state index contributed by atoms with van der Waals surface area (Å²) in [5.74, 6) is 0.806. The highest BCUT2D eigenvalue weighted by molar-refractivity contribution is 9.10. The lowest BCUT2D eigenvalue weighted by Crippen LogP contribution is -1.91. The van der Waals surface area contributed by atoms with Gasteiger partial charge in [0, 0.05) is 17.4 Å². The number of hydrogen-bond donors (Lipinski definition) is 1. The van der Waals surface area contributed by atoms with E-state index in [1.807, 2.05) is 30.3 Å². The summed E-state index contributed by atoms with van der Waals surface area (Å²) in [7, 11) is 1.64. The lowest BCUT2D eigenvalue weighted by atomic mass is 10.1. The molecule has 0 aliphatic carbocycles. The zero-order valence-electron chi connectivity index (χ0n) is 8.77. The number of halogens is 1. The molecule has 0 saturated carbocycles. The van der Waals surface area contributed by atoms with Crippen molar-refractivity contribution < 1.29 is 4.74 Å². The van der Waals surface area contributed by atoms with E-state index < -0.39 is 0 Å². The molecule has 1 heterocycles. The van der Waals surface area contributed by atoms with Crippen LogP contribution in [0.1, 0.15) is 0 Å². The van der Waals surface area contributed by atoms with Crippen molar-refractivity contribution in [3.8, 4) is 17.0 Å². The number of aromatic nitrogens is 1. The summed E-state index contributed by atoms with van der Waals surface area (Å²) in [6.07, 6.45) is 1.70. The maximum Gasteiger partial charge on any atom is 0.119 e. The smallest absolute Gasteiger partial charge is 0.119 e. The highest BCUT2D eigenvalue weighted by Crippen LogP contribution is 2.26. The Morgan fingerprint density at radius 1 is 1.31 bits per heavy atom. The molecule has 82 valence electrons. The predicted molar refractivity (Wildman–Crippen MR) is 68.3 cm³/mol. The third-order valence-corrected chi connectivity index (χ3v) is 2.91. The van der Waals surface area contributed by atoms with Gasteiger partial charge in [-0.25, -0.2) is 0 Å². The van der Waals surface area contributed by atoms with Gasteiger partial charge in [-0.15, -0.1) is 0 Å². The maximum atomic E-state index is 5.81. The van der Waals surface area contributed by atoms with Crippen molar-refractivity contribution in [2.24, 2.45) is 0 Å². The first kappa shape index (κ1) is 11.0. The second kappa shape index (κ2) is 4.53. The van der Waals surface area contributed by atoms with E-state index in [1.165, 1.54) is 0 Å². The largest absolute Gasteiger partial charge is 0.497 e. The van der Waals surface area contributed by atoms with Gasteiger partial charge in [0.05, 0.1) is 17.3 Å². The number of ether oxygens (including phenoxy) is 1. The SMILES string of the molecule is COc1cccc(-c2cc(N)c(Br)cn2)c1. The van der Waals surface area contributed by atoms with Crippen LogP contribution in [0.5, 0.6) is 5.75 Å². The van der Waals surface area contributed by atoms with E-state index in [0.29, 0.717) is 5.69 Å². The molecule has 3 nitrogen and oxygen atoms in total. The highest BCUT2D eigenvalue weighted by atomic mass is 79.9. The Kier molecular flexibility index (Phi) is 3.10. The molecule has 0 fully saturated rings. The summed E-state index contributed by atoms with van der Waals surface area (Å²) in [5, 5.41) is 0. The average Bonchev–Trinajstić information content (AvgIpc) is 2.33. The summed E-state index contributed by atoms with van der Waals surface area (Å²) >= 11 is 3.32. The van der Waals surface area contributed by atoms with E-state index >= 15 is 0 Å². The molecule has 0 bridgehead atoms. The number of nitrogen functional groups attached to an aromatic ring is 1. The third-order valence-electron chi connectivity index (χ3n) is 2.25. The van der Waals surface area contributed by atoms with Crippen LogP contribution in [0, 0.1) is 0 Å². The number of anilines is 1. The summed E-state index contributed by atoms with van der Waals surface area (Å²) in [5.41, 5.74) is 8.30. The fraction of sp³-hybridized carbons (Fsp3) is 0.0833. The molecule has 16 heavy (non-hydrogen) atoms. The predicted octanol–water partition coefficient (Wildman–Crippen LogP) is 3.10. The Hall–Kier alpha value is -1.55. The van der Waals surface area contributed by atoms with Gasteiger partial charge in [-0.3, -0.25) is 4.98 Å². The molecule has 1 aromatic heterocycles. The summed E-state index contributed by atoms with van der Waals surface area (Å²) in [4.78, 5) is 4.30. The van der Waals surface area contributed by atoms with Crippen LogP contribution in [0.2, 0.25) is 0 Å². The zero-order valence-corrected chi connectivity index (χ0v) is 10.4. The number of pyridine rings is 1. The summed E-state index contributed by atoms with van der Waals surface area (Å²) in [6.45, 7) is 0. The van der Waals surface area contributed by atoms with Crippen LogP contribution in [0.4, 0.5) is 5.69 Å². The third kappa shape index (κ3) is 2.17. The molecule has 0 radical (unpaired) electrons. The molecule has 0 atom stereocenters. The molecule has 0 aliphatic heterocycles. The quantitative estimate of drug-likeness (QED) is 0.918. The zero-order chi connectivity index (χ0) is 11.5. The van der Waals surface area contributed by atoms with Gasteiger partial charge in [0.25, 0.3) is 0 Å². The molecular formula is C12H11BrN2O. The van der Waals surface area contributed by atoms with Crippen LogP contribution in [0.15, 0.2) is 41.0 Å². The van der Waals surface area contributed by atoms with E-state index in [-0.39, 0.29) is 0 Å². The normalized spacial score (nSPS) is 10.1. The van der Waals surface area contributed by atoms with Gasteiger partial charge in [0.2, 0.25) is 0 Å².